The van der Waals surface area contributed by atoms with Gasteiger partial charge in [0.25, 0.3) is 0 Å². The molecule has 1 N–H and O–H groups in total. The van der Waals surface area contributed by atoms with E-state index in [1.807, 2.05) is 0 Å². The molecule has 2 saturated heterocycles. The summed E-state index contributed by atoms with van der Waals surface area (Å²) in [6.45, 7) is 10.7. The number of nitrogens with zero attached hydrogens (tertiary/aromatic N) is 6. The van der Waals surface area contributed by atoms with E-state index in [0.717, 1.165) is 37.2 Å². The summed E-state index contributed by atoms with van der Waals surface area (Å²) in [5, 5.41) is 0. The van der Waals surface area contributed by atoms with Crippen molar-refractivity contribution in [3.63, 3.8) is 0 Å². The van der Waals surface area contributed by atoms with Gasteiger partial charge in [-0.2, -0.15) is 21.6 Å². The van der Waals surface area contributed by atoms with Crippen LogP contribution in [-0.4, -0.2) is 72.6 Å². The van der Waals surface area contributed by atoms with Crippen LogP contribution in [0.25, 0.3) is 22.1 Å². The first kappa shape index (κ1) is 36.0. The van der Waals surface area contributed by atoms with E-state index >= 15 is 0 Å². The molecule has 2 aromatic heterocycles. The molecule has 240 valence electrons. The Kier molecular flexibility index (Phi) is 12.1. The number of imidazole rings is 2. The predicted molar refractivity (Wildman–Crippen MR) is 162 cm³/mol. The number of alkyl halides is 3. The van der Waals surface area contributed by atoms with Gasteiger partial charge in [0.15, 0.2) is 0 Å². The predicted octanol–water partition coefficient (Wildman–Crippen LogP) is 5.90. The van der Waals surface area contributed by atoms with Gasteiger partial charge in [-0.3, -0.25) is 14.4 Å². The van der Waals surface area contributed by atoms with E-state index in [2.05, 4.69) is 81.3 Å². The molecule has 0 amide bonds. The van der Waals surface area contributed by atoms with Gasteiger partial charge >= 0.3 is 32.7 Å². The van der Waals surface area contributed by atoms with E-state index in [1.54, 1.807) is 0 Å². The van der Waals surface area contributed by atoms with Gasteiger partial charge < -0.3 is 16.6 Å². The third kappa shape index (κ3) is 7.48. The molecule has 0 aliphatic carbocycles. The number of likely N-dealkylation sites (tertiary alicyclic amines) is 2. The van der Waals surface area contributed by atoms with Crippen LogP contribution in [0.2, 0.25) is 0 Å². The van der Waals surface area contributed by atoms with Crippen molar-refractivity contribution >= 4 is 32.2 Å². The summed E-state index contributed by atoms with van der Waals surface area (Å²) in [6, 6.07) is 18.3. The van der Waals surface area contributed by atoms with Crippen LogP contribution >= 0.6 is 0 Å². The molecule has 0 bridgehead atoms. The van der Waals surface area contributed by atoms with Crippen LogP contribution in [0.1, 0.15) is 51.2 Å². The summed E-state index contributed by atoms with van der Waals surface area (Å²) in [7, 11) is -5.84. The first-order valence-corrected chi connectivity index (χ1v) is 15.9. The molecule has 0 saturated carbocycles. The van der Waals surface area contributed by atoms with Gasteiger partial charge in [-0.05, 0) is 76.9 Å². The molecule has 14 heteroatoms. The molecule has 4 aromatic rings. The average molecular weight is 677 g/mol. The summed E-state index contributed by atoms with van der Waals surface area (Å²) in [5.41, 5.74) is -0.770. The Labute approximate surface area is 267 Å². The molecular weight excluding hydrogens is 636 g/mol. The fraction of sp³-hybridized carbons (Fsp3) is 0.500. The number of hydrogen-bond acceptors (Lipinski definition) is 6. The maximum absolute atomic E-state index is 10.7. The Morgan fingerprint density at radius 1 is 0.795 bits per heavy atom. The zero-order valence-corrected chi connectivity index (χ0v) is 27.2. The number of benzene rings is 2. The standard InChI is InChI=1S/C28H36N6.CHF3O3S.CH3.Mn/c1-3-33-23-13-7-5-11-21(23)29-27(33)19-31-17-9-15-25(31)26-16-10-18-32(26)20-28-30-22-12-6-8-14-24(22)34(28)4-2;2-1(3,4)8(5,6)7;;/h5-8,11-14,25-26H,3-4,9-10,15-20H2,1-2H3;(H,5,6,7);1H3;/q;;-1;+3/t25-,26-;;;/m1.../s1. The van der Waals surface area contributed by atoms with Gasteiger partial charge in [-0.15, -0.1) is 0 Å². The molecule has 2 atom stereocenters. The van der Waals surface area contributed by atoms with Gasteiger partial charge in [0.05, 0.1) is 35.2 Å². The van der Waals surface area contributed by atoms with Crippen LogP contribution in [-0.2, 0) is 53.4 Å². The van der Waals surface area contributed by atoms with Crippen molar-refractivity contribution in [2.75, 3.05) is 13.1 Å². The smallest absolute Gasteiger partial charge is 0.358 e. The van der Waals surface area contributed by atoms with E-state index in [-0.39, 0.29) is 24.5 Å². The maximum atomic E-state index is 10.7. The van der Waals surface area contributed by atoms with Crippen LogP contribution in [0, 0.1) is 7.43 Å². The van der Waals surface area contributed by atoms with Crippen LogP contribution in [0.5, 0.6) is 0 Å². The minimum absolute atomic E-state index is 0. The Bertz CT molecular complexity index is 1540. The van der Waals surface area contributed by atoms with Gasteiger partial charge in [-0.1, -0.05) is 24.3 Å². The quantitative estimate of drug-likeness (QED) is 0.113. The van der Waals surface area contributed by atoms with Crippen LogP contribution in [0.15, 0.2) is 48.5 Å². The fourth-order valence-electron chi connectivity index (χ4n) is 6.53. The van der Waals surface area contributed by atoms with Crippen molar-refractivity contribution in [1.29, 1.82) is 0 Å². The van der Waals surface area contributed by atoms with Crippen molar-refractivity contribution < 1.29 is 43.2 Å². The molecule has 44 heavy (non-hydrogen) atoms. The van der Waals surface area contributed by atoms with E-state index in [0.29, 0.717) is 12.1 Å². The van der Waals surface area contributed by atoms with Crippen molar-refractivity contribution in [2.45, 2.75) is 83.3 Å². The summed E-state index contributed by atoms with van der Waals surface area (Å²) in [6.07, 6.45) is 5.15. The van der Waals surface area contributed by atoms with Gasteiger partial charge in [0.1, 0.15) is 11.6 Å². The molecule has 0 spiro atoms. The molecule has 2 aliphatic rings. The van der Waals surface area contributed by atoms with Crippen LogP contribution < -0.4 is 0 Å². The van der Waals surface area contributed by atoms with Crippen LogP contribution in [0.3, 0.4) is 0 Å². The summed E-state index contributed by atoms with van der Waals surface area (Å²) in [5.74, 6) is 2.43. The van der Waals surface area contributed by atoms with Crippen LogP contribution in [0.4, 0.5) is 13.2 Å². The zero-order chi connectivity index (χ0) is 30.1. The van der Waals surface area contributed by atoms with E-state index < -0.39 is 15.6 Å². The Morgan fingerprint density at radius 3 is 1.50 bits per heavy atom. The molecule has 2 aliphatic heterocycles. The first-order chi connectivity index (χ1) is 20.0. The van der Waals surface area contributed by atoms with Gasteiger partial charge in [0.2, 0.25) is 0 Å². The number of aryl methyl sites for hydroxylation is 2. The largest absolute Gasteiger partial charge is 3.00 e. The Balaban J connectivity index is 0.000000471. The number of rotatable bonds is 7. The topological polar surface area (TPSA) is 96.5 Å². The second-order valence-electron chi connectivity index (χ2n) is 10.8. The third-order valence-corrected chi connectivity index (χ3v) is 8.94. The minimum Gasteiger partial charge on any atom is -0.358 e. The first-order valence-electron chi connectivity index (χ1n) is 14.4. The molecule has 4 heterocycles. The van der Waals surface area contributed by atoms with Crippen molar-refractivity contribution in [2.24, 2.45) is 0 Å². The van der Waals surface area contributed by atoms with E-state index in [1.165, 1.54) is 61.5 Å². The monoisotopic (exact) mass is 676 g/mol. The second-order valence-corrected chi connectivity index (χ2v) is 12.2. The van der Waals surface area contributed by atoms with Crippen molar-refractivity contribution in [3.05, 3.63) is 67.6 Å². The second kappa shape index (κ2) is 14.7. The van der Waals surface area contributed by atoms with E-state index in [9.17, 15) is 13.2 Å². The number of fused-ring (bicyclic) bond motifs is 2. The van der Waals surface area contributed by atoms with E-state index in [4.69, 9.17) is 22.9 Å². The van der Waals surface area contributed by atoms with Gasteiger partial charge in [0, 0.05) is 25.2 Å². The SMILES string of the molecule is CCn1c(CN2CCC[C@@H]2[C@H]2CCCN2Cc2nc3ccccc3n2CC)nc2ccccc21.O=S(=O)(O)C(F)(F)F.[CH3-].[Mn+3]. The van der Waals surface area contributed by atoms with Gasteiger partial charge in [-0.25, -0.2) is 9.97 Å². The molecule has 6 rings (SSSR count). The minimum atomic E-state index is -5.84. The molecule has 2 aromatic carbocycles. The Hall–Kier alpha value is -2.48. The van der Waals surface area contributed by atoms with Crippen molar-refractivity contribution in [1.82, 2.24) is 28.9 Å². The molecular formula is C30H40F3MnN6O3S+2. The normalized spacial score (nSPS) is 19.5. The number of aromatic nitrogens is 4. The molecule has 2 fully saturated rings. The molecule has 0 unspecified atom stereocenters. The number of para-hydroxylation sites is 4. The third-order valence-electron chi connectivity index (χ3n) is 8.35. The maximum Gasteiger partial charge on any atom is 3.00 e. The Morgan fingerprint density at radius 2 is 1.16 bits per heavy atom. The summed E-state index contributed by atoms with van der Waals surface area (Å²) >= 11 is 0. The number of hydrogen-bond donors (Lipinski definition) is 1. The summed E-state index contributed by atoms with van der Waals surface area (Å²) in [4.78, 5) is 15.5. The number of halogens is 3. The zero-order valence-electron chi connectivity index (χ0n) is 25.2. The average Bonchev–Trinajstić information content (AvgIpc) is 3.72. The molecule has 0 radical (unpaired) electrons. The fourth-order valence-corrected chi connectivity index (χ4v) is 6.53. The summed E-state index contributed by atoms with van der Waals surface area (Å²) < 4.78 is 62.3. The van der Waals surface area contributed by atoms with Crippen molar-refractivity contribution in [3.8, 4) is 0 Å². The molecule has 9 nitrogen and oxygen atoms in total.